The van der Waals surface area contributed by atoms with Crippen LogP contribution >= 0.6 is 12.4 Å². The van der Waals surface area contributed by atoms with Gasteiger partial charge in [0.25, 0.3) is 0 Å². The van der Waals surface area contributed by atoms with E-state index in [1.54, 1.807) is 7.05 Å². The number of likely N-dealkylation sites (N-methyl/N-ethyl adjacent to an activating group) is 1. The smallest absolute Gasteiger partial charge is 0.239 e. The fraction of sp³-hybridized carbons (Fsp3) is 0.529. The molecule has 0 radical (unpaired) electrons. The second-order valence-corrected chi connectivity index (χ2v) is 6.02. The van der Waals surface area contributed by atoms with Gasteiger partial charge in [-0.2, -0.15) is 0 Å². The maximum Gasteiger partial charge on any atom is 0.239 e. The van der Waals surface area contributed by atoms with E-state index in [9.17, 15) is 9.59 Å². The van der Waals surface area contributed by atoms with Crippen molar-refractivity contribution in [3.05, 3.63) is 35.9 Å². The molecule has 134 valence electrons. The van der Waals surface area contributed by atoms with Crippen molar-refractivity contribution in [2.75, 3.05) is 33.4 Å². The molecule has 0 saturated carbocycles. The molecule has 0 aliphatic carbocycles. The van der Waals surface area contributed by atoms with Crippen LogP contribution in [0.25, 0.3) is 0 Å². The second kappa shape index (κ2) is 9.61. The Morgan fingerprint density at radius 2 is 1.88 bits per heavy atom. The summed E-state index contributed by atoms with van der Waals surface area (Å²) in [7, 11) is 1.65. The van der Waals surface area contributed by atoms with Crippen molar-refractivity contribution >= 4 is 24.2 Å². The van der Waals surface area contributed by atoms with Gasteiger partial charge in [0.1, 0.15) is 0 Å². The zero-order chi connectivity index (χ0) is 16.7. The molecule has 2 rings (SSSR count). The van der Waals surface area contributed by atoms with E-state index < -0.39 is 5.41 Å². The minimum absolute atomic E-state index is 0. The van der Waals surface area contributed by atoms with Gasteiger partial charge in [-0.1, -0.05) is 30.3 Å². The van der Waals surface area contributed by atoms with Crippen LogP contribution in [-0.4, -0.2) is 50.1 Å². The molecule has 2 amide bonds. The summed E-state index contributed by atoms with van der Waals surface area (Å²) in [5.74, 6) is -0.248. The number of nitrogens with two attached hydrogens (primary N) is 1. The van der Waals surface area contributed by atoms with Gasteiger partial charge in [0.2, 0.25) is 11.8 Å². The van der Waals surface area contributed by atoms with Gasteiger partial charge in [-0.25, -0.2) is 0 Å². The Bertz CT molecular complexity index is 533. The predicted octanol–water partition coefficient (Wildman–Crippen LogP) is 0.938. The van der Waals surface area contributed by atoms with Crippen LogP contribution in [0.3, 0.4) is 0 Å². The molecular formula is C17H26ClN3O3. The average molecular weight is 356 g/mol. The number of rotatable bonds is 6. The van der Waals surface area contributed by atoms with Crippen molar-refractivity contribution < 1.29 is 14.3 Å². The van der Waals surface area contributed by atoms with Crippen molar-refractivity contribution in [3.63, 3.8) is 0 Å². The number of benzene rings is 1. The molecule has 0 unspecified atom stereocenters. The maximum absolute atomic E-state index is 12.7. The normalized spacial score (nSPS) is 15.9. The maximum atomic E-state index is 12.7. The molecule has 7 heteroatoms. The summed E-state index contributed by atoms with van der Waals surface area (Å²) in [6.45, 7) is 1.85. The van der Waals surface area contributed by atoms with Crippen molar-refractivity contribution in [2.45, 2.75) is 19.4 Å². The van der Waals surface area contributed by atoms with Gasteiger partial charge in [-0.15, -0.1) is 12.4 Å². The molecule has 1 fully saturated rings. The zero-order valence-electron chi connectivity index (χ0n) is 14.0. The quantitative estimate of drug-likeness (QED) is 0.795. The molecule has 1 saturated heterocycles. The Hall–Kier alpha value is -1.63. The highest BCUT2D eigenvalue weighted by Crippen LogP contribution is 2.31. The molecule has 0 aromatic heterocycles. The lowest BCUT2D eigenvalue weighted by Gasteiger charge is -2.37. The summed E-state index contributed by atoms with van der Waals surface area (Å²) in [4.78, 5) is 26.2. The monoisotopic (exact) mass is 355 g/mol. The van der Waals surface area contributed by atoms with Gasteiger partial charge < -0.3 is 20.7 Å². The predicted molar refractivity (Wildman–Crippen MR) is 94.7 cm³/mol. The summed E-state index contributed by atoms with van der Waals surface area (Å²) in [6.07, 6.45) is 1.22. The molecule has 1 aromatic carbocycles. The third-order valence-electron chi connectivity index (χ3n) is 4.35. The van der Waals surface area contributed by atoms with Crippen LogP contribution in [0.5, 0.6) is 0 Å². The minimum Gasteiger partial charge on any atom is -0.381 e. The largest absolute Gasteiger partial charge is 0.381 e. The Morgan fingerprint density at radius 3 is 2.46 bits per heavy atom. The van der Waals surface area contributed by atoms with Crippen LogP contribution in [0, 0.1) is 5.41 Å². The number of nitrogens with one attached hydrogen (secondary N) is 1. The highest BCUT2D eigenvalue weighted by Gasteiger charge is 2.40. The molecule has 1 aliphatic rings. The molecule has 6 nitrogen and oxygen atoms in total. The van der Waals surface area contributed by atoms with Crippen LogP contribution < -0.4 is 11.1 Å². The number of hydrogen-bond acceptors (Lipinski definition) is 4. The van der Waals surface area contributed by atoms with E-state index in [0.717, 1.165) is 5.56 Å². The Labute approximate surface area is 149 Å². The van der Waals surface area contributed by atoms with E-state index in [-0.39, 0.29) is 37.3 Å². The highest BCUT2D eigenvalue weighted by atomic mass is 35.5. The number of hydrogen-bond donors (Lipinski definition) is 2. The molecule has 3 N–H and O–H groups in total. The number of ether oxygens (including phenoxy) is 1. The molecule has 1 heterocycles. The number of amides is 2. The van der Waals surface area contributed by atoms with Gasteiger partial charge in [-0.05, 0) is 18.4 Å². The van der Waals surface area contributed by atoms with Gasteiger partial charge in [0.05, 0.1) is 12.0 Å². The molecule has 1 aromatic rings. The van der Waals surface area contributed by atoms with Crippen LogP contribution in [0.15, 0.2) is 30.3 Å². The fourth-order valence-electron chi connectivity index (χ4n) is 2.81. The molecular weight excluding hydrogens is 330 g/mol. The van der Waals surface area contributed by atoms with Crippen LogP contribution in [0.2, 0.25) is 0 Å². The molecule has 0 spiro atoms. The van der Waals surface area contributed by atoms with E-state index in [4.69, 9.17) is 10.5 Å². The number of halogens is 1. The van der Waals surface area contributed by atoms with Gasteiger partial charge in [0.15, 0.2) is 0 Å². The first kappa shape index (κ1) is 20.4. The lowest BCUT2D eigenvalue weighted by atomic mass is 9.79. The average Bonchev–Trinajstić information content (AvgIpc) is 2.60. The lowest BCUT2D eigenvalue weighted by Crippen LogP contribution is -2.51. The van der Waals surface area contributed by atoms with E-state index in [1.165, 1.54) is 4.90 Å². The first-order chi connectivity index (χ1) is 11.1. The molecule has 1 aliphatic heterocycles. The van der Waals surface area contributed by atoms with E-state index in [0.29, 0.717) is 32.6 Å². The van der Waals surface area contributed by atoms with E-state index in [1.807, 2.05) is 30.3 Å². The Morgan fingerprint density at radius 1 is 1.25 bits per heavy atom. The Kier molecular flexibility index (Phi) is 8.18. The van der Waals surface area contributed by atoms with Crippen molar-refractivity contribution in [1.82, 2.24) is 10.2 Å². The minimum atomic E-state index is -0.591. The van der Waals surface area contributed by atoms with Crippen LogP contribution in [0.1, 0.15) is 18.4 Å². The fourth-order valence-corrected chi connectivity index (χ4v) is 2.81. The first-order valence-electron chi connectivity index (χ1n) is 7.91. The van der Waals surface area contributed by atoms with Crippen molar-refractivity contribution in [2.24, 2.45) is 11.1 Å². The summed E-state index contributed by atoms with van der Waals surface area (Å²) in [6, 6.07) is 9.67. The van der Waals surface area contributed by atoms with Crippen molar-refractivity contribution in [3.8, 4) is 0 Å². The van der Waals surface area contributed by atoms with E-state index in [2.05, 4.69) is 5.32 Å². The van der Waals surface area contributed by atoms with Crippen LogP contribution in [-0.2, 0) is 20.9 Å². The van der Waals surface area contributed by atoms with Crippen molar-refractivity contribution in [1.29, 1.82) is 0 Å². The third-order valence-corrected chi connectivity index (χ3v) is 4.35. The molecule has 24 heavy (non-hydrogen) atoms. The highest BCUT2D eigenvalue weighted by molar-refractivity contribution is 5.88. The third kappa shape index (κ3) is 5.19. The zero-order valence-corrected chi connectivity index (χ0v) is 14.8. The van der Waals surface area contributed by atoms with Gasteiger partial charge in [0, 0.05) is 33.4 Å². The standard InChI is InChI=1S/C17H25N3O3.ClH/c1-20(16(22)17(13-18)7-9-23-10-8-17)12-15(21)19-11-14-5-3-2-4-6-14;/h2-6H,7-13,18H2,1H3,(H,19,21);1H. The first-order valence-corrected chi connectivity index (χ1v) is 7.91. The summed E-state index contributed by atoms with van der Waals surface area (Å²) in [5.41, 5.74) is 6.27. The Balaban J connectivity index is 0.00000288. The summed E-state index contributed by atoms with van der Waals surface area (Å²) < 4.78 is 5.32. The van der Waals surface area contributed by atoms with Crippen LogP contribution in [0.4, 0.5) is 0 Å². The molecule has 0 atom stereocenters. The summed E-state index contributed by atoms with van der Waals surface area (Å²) in [5, 5.41) is 2.83. The summed E-state index contributed by atoms with van der Waals surface area (Å²) >= 11 is 0. The van der Waals surface area contributed by atoms with E-state index >= 15 is 0 Å². The topological polar surface area (TPSA) is 84.7 Å². The SMILES string of the molecule is CN(CC(=O)NCc1ccccc1)C(=O)C1(CN)CCOCC1.Cl. The lowest BCUT2D eigenvalue weighted by molar-refractivity contribution is -0.148. The number of nitrogens with zero attached hydrogens (tertiary/aromatic N) is 1. The number of carbonyl (C=O) groups excluding carboxylic acids is 2. The number of carbonyl (C=O) groups is 2. The van der Waals surface area contributed by atoms with Gasteiger partial charge in [-0.3, -0.25) is 9.59 Å². The van der Waals surface area contributed by atoms with Gasteiger partial charge >= 0.3 is 0 Å². The molecule has 0 bridgehead atoms. The second-order valence-electron chi connectivity index (χ2n) is 6.02.